The summed E-state index contributed by atoms with van der Waals surface area (Å²) in [5.74, 6) is 1.44. The van der Waals surface area contributed by atoms with Gasteiger partial charge in [-0.2, -0.15) is 0 Å². The number of rotatable bonds is 10. The van der Waals surface area contributed by atoms with Crippen LogP contribution in [0.3, 0.4) is 0 Å². The molecule has 1 aromatic heterocycles. The van der Waals surface area contributed by atoms with Crippen LogP contribution in [0.2, 0.25) is 0 Å². The van der Waals surface area contributed by atoms with Crippen molar-refractivity contribution in [2.45, 2.75) is 33.2 Å². The van der Waals surface area contributed by atoms with E-state index in [4.69, 9.17) is 9.47 Å². The lowest BCUT2D eigenvalue weighted by molar-refractivity contribution is 0.143. The highest BCUT2D eigenvalue weighted by Crippen LogP contribution is 2.15. The molecular weight excluding hydrogens is 280 g/mol. The molecule has 0 aliphatic carbocycles. The van der Waals surface area contributed by atoms with Crippen LogP contribution >= 0.6 is 0 Å². The van der Waals surface area contributed by atoms with E-state index in [1.165, 1.54) is 0 Å². The third-order valence-corrected chi connectivity index (χ3v) is 2.95. The number of pyridine rings is 1. The summed E-state index contributed by atoms with van der Waals surface area (Å²) in [5, 5.41) is 6.56. The van der Waals surface area contributed by atoms with Gasteiger partial charge in [-0.15, -0.1) is 0 Å². The van der Waals surface area contributed by atoms with E-state index in [1.54, 1.807) is 13.3 Å². The van der Waals surface area contributed by atoms with Crippen molar-refractivity contribution in [1.29, 1.82) is 0 Å². The van der Waals surface area contributed by atoms with Crippen LogP contribution in [0.1, 0.15) is 32.3 Å². The second kappa shape index (κ2) is 11.8. The Balaban J connectivity index is 2.63. The van der Waals surface area contributed by atoms with E-state index < -0.39 is 0 Å². The van der Waals surface area contributed by atoms with Crippen molar-refractivity contribution in [3.8, 4) is 5.88 Å². The van der Waals surface area contributed by atoms with Gasteiger partial charge in [-0.05, 0) is 19.4 Å². The molecule has 6 heteroatoms. The first-order chi connectivity index (χ1) is 10.8. The van der Waals surface area contributed by atoms with Crippen LogP contribution < -0.4 is 15.4 Å². The van der Waals surface area contributed by atoms with Gasteiger partial charge < -0.3 is 20.1 Å². The average molecular weight is 308 g/mol. The Bertz CT molecular complexity index is 438. The Kier molecular flexibility index (Phi) is 9.78. The fraction of sp³-hybridized carbons (Fsp3) is 0.625. The second-order valence-electron chi connectivity index (χ2n) is 4.78. The molecule has 0 radical (unpaired) electrons. The highest BCUT2D eigenvalue weighted by Gasteiger charge is 2.05. The number of methoxy groups -OCH3 is 1. The molecule has 0 atom stereocenters. The molecule has 0 saturated heterocycles. The number of unbranched alkanes of at least 4 members (excludes halogenated alkanes) is 1. The number of nitrogens with one attached hydrogen (secondary N) is 2. The SMILES string of the molecule is CCCCNC(=NCc1cccnc1OCCOC)NCC. The Morgan fingerprint density at radius 2 is 2.14 bits per heavy atom. The third kappa shape index (κ3) is 7.26. The van der Waals surface area contributed by atoms with E-state index in [0.717, 1.165) is 37.5 Å². The summed E-state index contributed by atoms with van der Waals surface area (Å²) in [7, 11) is 1.65. The molecular formula is C16H28N4O2. The number of aromatic nitrogens is 1. The second-order valence-corrected chi connectivity index (χ2v) is 4.78. The molecule has 1 heterocycles. The number of guanidine groups is 1. The summed E-state index contributed by atoms with van der Waals surface area (Å²) in [6, 6.07) is 3.87. The lowest BCUT2D eigenvalue weighted by Gasteiger charge is -2.12. The molecule has 6 nitrogen and oxygen atoms in total. The first-order valence-electron chi connectivity index (χ1n) is 7.89. The fourth-order valence-electron chi connectivity index (χ4n) is 1.79. The van der Waals surface area contributed by atoms with Gasteiger partial charge in [0.1, 0.15) is 6.61 Å². The molecule has 0 aromatic carbocycles. The Labute approximate surface area is 133 Å². The number of ether oxygens (including phenoxy) is 2. The number of hydrogen-bond donors (Lipinski definition) is 2. The van der Waals surface area contributed by atoms with E-state index in [1.807, 2.05) is 12.1 Å². The summed E-state index contributed by atoms with van der Waals surface area (Å²) in [6.45, 7) is 7.54. The summed E-state index contributed by atoms with van der Waals surface area (Å²) in [6.07, 6.45) is 4.01. The van der Waals surface area contributed by atoms with Crippen molar-refractivity contribution in [1.82, 2.24) is 15.6 Å². The lowest BCUT2D eigenvalue weighted by atomic mass is 10.3. The molecule has 0 saturated carbocycles. The molecule has 0 amide bonds. The zero-order valence-corrected chi connectivity index (χ0v) is 13.9. The highest BCUT2D eigenvalue weighted by atomic mass is 16.5. The van der Waals surface area contributed by atoms with E-state index in [9.17, 15) is 0 Å². The zero-order chi connectivity index (χ0) is 16.0. The van der Waals surface area contributed by atoms with Crippen LogP contribution in [-0.2, 0) is 11.3 Å². The Morgan fingerprint density at radius 1 is 1.27 bits per heavy atom. The van der Waals surface area contributed by atoms with E-state index in [0.29, 0.717) is 25.6 Å². The van der Waals surface area contributed by atoms with Crippen molar-refractivity contribution in [2.24, 2.45) is 4.99 Å². The molecule has 0 aliphatic rings. The molecule has 2 N–H and O–H groups in total. The number of aliphatic imine (C=N–C) groups is 1. The van der Waals surface area contributed by atoms with Gasteiger partial charge in [0.05, 0.1) is 13.2 Å². The zero-order valence-electron chi connectivity index (χ0n) is 13.9. The summed E-state index contributed by atoms with van der Waals surface area (Å²) < 4.78 is 10.6. The first-order valence-corrected chi connectivity index (χ1v) is 7.89. The van der Waals surface area contributed by atoms with E-state index in [-0.39, 0.29) is 0 Å². The topological polar surface area (TPSA) is 67.8 Å². The maximum Gasteiger partial charge on any atom is 0.218 e. The van der Waals surface area contributed by atoms with Crippen molar-refractivity contribution >= 4 is 5.96 Å². The van der Waals surface area contributed by atoms with Crippen molar-refractivity contribution in [2.75, 3.05) is 33.4 Å². The standard InChI is InChI=1S/C16H28N4O2/c1-4-6-9-19-16(17-5-2)20-13-14-8-7-10-18-15(14)22-12-11-21-3/h7-8,10H,4-6,9,11-13H2,1-3H3,(H2,17,19,20). The minimum absolute atomic E-state index is 0.485. The predicted octanol–water partition coefficient (Wildman–Crippen LogP) is 1.96. The number of hydrogen-bond acceptors (Lipinski definition) is 4. The molecule has 124 valence electrons. The summed E-state index contributed by atoms with van der Waals surface area (Å²) in [4.78, 5) is 8.85. The summed E-state index contributed by atoms with van der Waals surface area (Å²) in [5.41, 5.74) is 0.964. The molecule has 1 rings (SSSR count). The van der Waals surface area contributed by atoms with Gasteiger partial charge in [-0.25, -0.2) is 9.98 Å². The monoisotopic (exact) mass is 308 g/mol. The van der Waals surface area contributed by atoms with Crippen LogP contribution in [0.15, 0.2) is 23.3 Å². The van der Waals surface area contributed by atoms with Crippen LogP contribution in [-0.4, -0.2) is 44.4 Å². The third-order valence-electron chi connectivity index (χ3n) is 2.95. The van der Waals surface area contributed by atoms with Gasteiger partial charge in [0.2, 0.25) is 5.88 Å². The largest absolute Gasteiger partial charge is 0.475 e. The Hall–Kier alpha value is -1.82. The molecule has 0 spiro atoms. The predicted molar refractivity (Wildman–Crippen MR) is 89.3 cm³/mol. The van der Waals surface area contributed by atoms with Crippen LogP contribution in [0.5, 0.6) is 5.88 Å². The first kappa shape index (κ1) is 18.2. The summed E-state index contributed by atoms with van der Waals surface area (Å²) >= 11 is 0. The minimum Gasteiger partial charge on any atom is -0.475 e. The van der Waals surface area contributed by atoms with Crippen LogP contribution in [0.4, 0.5) is 0 Å². The van der Waals surface area contributed by atoms with Gasteiger partial charge >= 0.3 is 0 Å². The van der Waals surface area contributed by atoms with Gasteiger partial charge in [0.25, 0.3) is 0 Å². The van der Waals surface area contributed by atoms with Crippen molar-refractivity contribution in [3.63, 3.8) is 0 Å². The van der Waals surface area contributed by atoms with Gasteiger partial charge in [-0.1, -0.05) is 19.4 Å². The molecule has 22 heavy (non-hydrogen) atoms. The van der Waals surface area contributed by atoms with Crippen LogP contribution in [0.25, 0.3) is 0 Å². The van der Waals surface area contributed by atoms with Gasteiger partial charge in [0, 0.05) is 32.0 Å². The smallest absolute Gasteiger partial charge is 0.218 e. The minimum atomic E-state index is 0.485. The lowest BCUT2D eigenvalue weighted by Crippen LogP contribution is -2.37. The average Bonchev–Trinajstić information content (AvgIpc) is 2.54. The van der Waals surface area contributed by atoms with E-state index >= 15 is 0 Å². The van der Waals surface area contributed by atoms with Crippen molar-refractivity contribution in [3.05, 3.63) is 23.9 Å². The highest BCUT2D eigenvalue weighted by molar-refractivity contribution is 5.79. The quantitative estimate of drug-likeness (QED) is 0.393. The fourth-order valence-corrected chi connectivity index (χ4v) is 1.79. The van der Waals surface area contributed by atoms with Gasteiger partial charge in [0.15, 0.2) is 5.96 Å². The molecule has 0 aliphatic heterocycles. The molecule has 0 bridgehead atoms. The van der Waals surface area contributed by atoms with Crippen molar-refractivity contribution < 1.29 is 9.47 Å². The van der Waals surface area contributed by atoms with Crippen LogP contribution in [0, 0.1) is 0 Å². The molecule has 0 fully saturated rings. The maximum absolute atomic E-state index is 5.62. The maximum atomic E-state index is 5.62. The normalized spacial score (nSPS) is 11.3. The number of nitrogens with zero attached hydrogens (tertiary/aromatic N) is 2. The molecule has 0 unspecified atom stereocenters. The Morgan fingerprint density at radius 3 is 2.86 bits per heavy atom. The van der Waals surface area contributed by atoms with E-state index in [2.05, 4.69) is 34.5 Å². The van der Waals surface area contributed by atoms with Gasteiger partial charge in [-0.3, -0.25) is 0 Å². The molecule has 1 aromatic rings.